The quantitative estimate of drug-likeness (QED) is 0.548. The molecule has 2 aliphatic heterocycles. The number of fused-ring (bicyclic) bond motifs is 1. The third kappa shape index (κ3) is 1.03. The van der Waals surface area contributed by atoms with E-state index in [2.05, 4.69) is 20.0 Å². The van der Waals surface area contributed by atoms with Crippen molar-refractivity contribution in [2.75, 3.05) is 6.61 Å². The minimum absolute atomic E-state index is 0.199. The minimum Gasteiger partial charge on any atom is -0.479 e. The summed E-state index contributed by atoms with van der Waals surface area (Å²) in [4.78, 5) is 15.9. The van der Waals surface area contributed by atoms with Gasteiger partial charge in [-0.25, -0.2) is 15.0 Å². The van der Waals surface area contributed by atoms with E-state index in [1.54, 1.807) is 0 Å². The second-order valence-electron chi connectivity index (χ2n) is 2.30. The normalized spacial score (nSPS) is 24.9. The molecule has 0 radical (unpaired) electrons. The van der Waals surface area contributed by atoms with Gasteiger partial charge >= 0.3 is 0 Å². The lowest BCUT2D eigenvalue weighted by atomic mass is 10.3. The van der Waals surface area contributed by atoms with Crippen molar-refractivity contribution in [3.8, 4) is 0 Å². The van der Waals surface area contributed by atoms with Crippen LogP contribution in [0.2, 0.25) is 0 Å². The van der Waals surface area contributed by atoms with Crippen LogP contribution in [0, 0.1) is 0 Å². The van der Waals surface area contributed by atoms with E-state index in [0.717, 1.165) is 0 Å². The Balaban J connectivity index is 2.23. The third-order valence-electron chi connectivity index (χ3n) is 1.55. The average molecular weight is 164 g/mol. The summed E-state index contributed by atoms with van der Waals surface area (Å²) < 4.78 is 5.26. The molecule has 2 rings (SSSR count). The third-order valence-corrected chi connectivity index (χ3v) is 1.55. The number of hydrogen-bond donors (Lipinski definition) is 0. The van der Waals surface area contributed by atoms with Gasteiger partial charge in [-0.2, -0.15) is 0 Å². The Bertz CT molecular complexity index is 303. The van der Waals surface area contributed by atoms with Crippen molar-refractivity contribution >= 4 is 24.4 Å². The summed E-state index contributed by atoms with van der Waals surface area (Å²) in [5, 5.41) is 0. The van der Waals surface area contributed by atoms with Crippen LogP contribution in [0.3, 0.4) is 0 Å². The molecule has 0 N–H and O–H groups in total. The van der Waals surface area contributed by atoms with Crippen molar-refractivity contribution in [2.24, 2.45) is 20.0 Å². The van der Waals surface area contributed by atoms with Gasteiger partial charge in [0, 0.05) is 0 Å². The molecule has 62 valence electrons. The predicted octanol–water partition coefficient (Wildman–Crippen LogP) is 0.272. The minimum atomic E-state index is -0.199. The second kappa shape index (κ2) is 2.84. The summed E-state index contributed by atoms with van der Waals surface area (Å²) in [6, 6.07) is -0.199. The lowest BCUT2D eigenvalue weighted by molar-refractivity contribution is 0.318. The molecule has 0 amide bonds. The monoisotopic (exact) mass is 164 g/mol. The highest BCUT2D eigenvalue weighted by atomic mass is 16.5. The van der Waals surface area contributed by atoms with Crippen LogP contribution in [-0.2, 0) is 4.74 Å². The van der Waals surface area contributed by atoms with Crippen molar-refractivity contribution in [2.45, 2.75) is 13.0 Å². The van der Waals surface area contributed by atoms with Crippen LogP contribution in [0.15, 0.2) is 20.0 Å². The van der Waals surface area contributed by atoms with Gasteiger partial charge in [0.1, 0.15) is 12.7 Å². The first-order valence-corrected chi connectivity index (χ1v) is 3.74. The Hall–Kier alpha value is -1.52. The summed E-state index contributed by atoms with van der Waals surface area (Å²) >= 11 is 0. The zero-order valence-electron chi connectivity index (χ0n) is 6.64. The van der Waals surface area contributed by atoms with Crippen LogP contribution in [0.1, 0.15) is 6.92 Å². The van der Waals surface area contributed by atoms with E-state index >= 15 is 0 Å². The number of nitrogens with zero attached hydrogens (tertiary/aromatic N) is 4. The maximum atomic E-state index is 5.26. The molecule has 5 nitrogen and oxygen atoms in total. The highest BCUT2D eigenvalue weighted by Gasteiger charge is 2.27. The zero-order valence-corrected chi connectivity index (χ0v) is 6.64. The molecule has 1 atom stereocenters. The lowest BCUT2D eigenvalue weighted by Gasteiger charge is -2.13. The number of rotatable bonds is 1. The molecule has 2 aliphatic rings. The molecule has 5 heteroatoms. The van der Waals surface area contributed by atoms with E-state index < -0.39 is 0 Å². The Kier molecular flexibility index (Phi) is 1.69. The molecule has 1 unspecified atom stereocenters. The van der Waals surface area contributed by atoms with Crippen molar-refractivity contribution < 1.29 is 4.74 Å². The Labute approximate surface area is 69.6 Å². The largest absolute Gasteiger partial charge is 0.479 e. The molecule has 0 aromatic rings. The molecule has 0 aromatic carbocycles. The van der Waals surface area contributed by atoms with E-state index in [1.165, 1.54) is 12.7 Å². The van der Waals surface area contributed by atoms with Crippen molar-refractivity contribution in [3.63, 3.8) is 0 Å². The summed E-state index contributed by atoms with van der Waals surface area (Å²) in [7, 11) is 0. The molecule has 0 saturated carbocycles. The molecule has 0 spiro atoms. The predicted molar refractivity (Wildman–Crippen MR) is 47.3 cm³/mol. The van der Waals surface area contributed by atoms with Crippen LogP contribution in [0.4, 0.5) is 0 Å². The van der Waals surface area contributed by atoms with Crippen LogP contribution in [-0.4, -0.2) is 37.1 Å². The molecule has 0 saturated heterocycles. The zero-order chi connectivity index (χ0) is 8.39. The van der Waals surface area contributed by atoms with Crippen LogP contribution < -0.4 is 0 Å². The highest BCUT2D eigenvalue weighted by molar-refractivity contribution is 6.18. The molecule has 0 aromatic heterocycles. The fraction of sp³-hybridized carbons (Fsp3) is 0.429. The topological polar surface area (TPSA) is 58.7 Å². The van der Waals surface area contributed by atoms with Crippen molar-refractivity contribution in [3.05, 3.63) is 0 Å². The Morgan fingerprint density at radius 2 is 2.33 bits per heavy atom. The summed E-state index contributed by atoms with van der Waals surface area (Å²) in [6.45, 7) is 2.50. The number of ether oxygens (including phenoxy) is 1. The van der Waals surface area contributed by atoms with E-state index in [-0.39, 0.29) is 6.04 Å². The van der Waals surface area contributed by atoms with Crippen LogP contribution >= 0.6 is 0 Å². The van der Waals surface area contributed by atoms with E-state index in [4.69, 9.17) is 4.74 Å². The SMILES string of the molecule is CCOC1=NC=NC2=NC=NC21. The van der Waals surface area contributed by atoms with Gasteiger partial charge in [0.2, 0.25) is 5.90 Å². The standard InChI is InChI=1S/C7H8N4O/c1-2-12-7-5-6(9-3-8-5)10-4-11-7/h3-5H,2H2,1H3. The average Bonchev–Trinajstić information content (AvgIpc) is 2.53. The van der Waals surface area contributed by atoms with Crippen molar-refractivity contribution in [1.82, 2.24) is 0 Å². The summed E-state index contributed by atoms with van der Waals surface area (Å²) in [5.41, 5.74) is 0. The number of amidine groups is 1. The first-order valence-electron chi connectivity index (χ1n) is 3.74. The molecular weight excluding hydrogens is 156 g/mol. The van der Waals surface area contributed by atoms with E-state index in [0.29, 0.717) is 18.3 Å². The van der Waals surface area contributed by atoms with E-state index in [9.17, 15) is 0 Å². The highest BCUT2D eigenvalue weighted by Crippen LogP contribution is 2.09. The van der Waals surface area contributed by atoms with Gasteiger partial charge in [-0.05, 0) is 6.92 Å². The fourth-order valence-corrected chi connectivity index (χ4v) is 1.05. The second-order valence-corrected chi connectivity index (χ2v) is 2.30. The number of hydrogen-bond acceptors (Lipinski definition) is 5. The van der Waals surface area contributed by atoms with Crippen molar-refractivity contribution in [1.29, 1.82) is 0 Å². The maximum absolute atomic E-state index is 5.26. The van der Waals surface area contributed by atoms with Crippen LogP contribution in [0.25, 0.3) is 0 Å². The van der Waals surface area contributed by atoms with Gasteiger partial charge in [0.15, 0.2) is 11.9 Å². The molecule has 12 heavy (non-hydrogen) atoms. The summed E-state index contributed by atoms with van der Waals surface area (Å²) in [6.07, 6.45) is 2.92. The molecule has 0 aliphatic carbocycles. The smallest absolute Gasteiger partial charge is 0.223 e. The van der Waals surface area contributed by atoms with Crippen LogP contribution in [0.5, 0.6) is 0 Å². The first kappa shape index (κ1) is 7.15. The molecule has 0 bridgehead atoms. The number of aliphatic imine (C=N–C) groups is 4. The lowest BCUT2D eigenvalue weighted by Crippen LogP contribution is -2.30. The van der Waals surface area contributed by atoms with Gasteiger partial charge in [-0.3, -0.25) is 4.99 Å². The first-order chi connectivity index (χ1) is 5.92. The molecule has 2 heterocycles. The Morgan fingerprint density at radius 1 is 1.42 bits per heavy atom. The molecular formula is C7H8N4O. The molecule has 0 fully saturated rings. The Morgan fingerprint density at radius 3 is 3.17 bits per heavy atom. The van der Waals surface area contributed by atoms with Gasteiger partial charge in [0.05, 0.1) is 6.61 Å². The van der Waals surface area contributed by atoms with Gasteiger partial charge in [0.25, 0.3) is 0 Å². The fourth-order valence-electron chi connectivity index (χ4n) is 1.05. The van der Waals surface area contributed by atoms with Gasteiger partial charge in [-0.1, -0.05) is 0 Å². The summed E-state index contributed by atoms with van der Waals surface area (Å²) in [5.74, 6) is 1.24. The van der Waals surface area contributed by atoms with Gasteiger partial charge in [-0.15, -0.1) is 0 Å². The van der Waals surface area contributed by atoms with Gasteiger partial charge < -0.3 is 4.74 Å². The maximum Gasteiger partial charge on any atom is 0.223 e. The van der Waals surface area contributed by atoms with E-state index in [1.807, 2.05) is 6.92 Å².